The SMILES string of the molecule is CC(C)(C)CC(CO)NC(=O)CCN1CCCC1=O. The van der Waals surface area contributed by atoms with Crippen molar-refractivity contribution in [3.05, 3.63) is 0 Å². The van der Waals surface area contributed by atoms with Crippen LogP contribution in [-0.2, 0) is 9.59 Å². The largest absolute Gasteiger partial charge is 0.394 e. The van der Waals surface area contributed by atoms with Crippen LogP contribution in [0, 0.1) is 5.41 Å². The first-order valence-electron chi connectivity index (χ1n) is 7.00. The van der Waals surface area contributed by atoms with Crippen LogP contribution in [0.15, 0.2) is 0 Å². The molecule has 2 N–H and O–H groups in total. The first-order chi connectivity index (χ1) is 8.81. The third kappa shape index (κ3) is 6.05. The molecule has 1 aliphatic heterocycles. The van der Waals surface area contributed by atoms with Crippen LogP contribution in [-0.4, -0.2) is 47.6 Å². The number of likely N-dealkylation sites (tertiary alicyclic amines) is 1. The zero-order chi connectivity index (χ0) is 14.5. The van der Waals surface area contributed by atoms with Crippen LogP contribution >= 0.6 is 0 Å². The third-order valence-electron chi connectivity index (χ3n) is 3.22. The number of hydrogen-bond acceptors (Lipinski definition) is 3. The van der Waals surface area contributed by atoms with Gasteiger partial charge in [-0.05, 0) is 18.3 Å². The normalized spacial score (nSPS) is 17.7. The van der Waals surface area contributed by atoms with E-state index in [1.807, 2.05) is 0 Å². The highest BCUT2D eigenvalue weighted by atomic mass is 16.3. The average molecular weight is 270 g/mol. The molecule has 0 aliphatic carbocycles. The molecule has 0 aromatic carbocycles. The Hall–Kier alpha value is -1.10. The summed E-state index contributed by atoms with van der Waals surface area (Å²) < 4.78 is 0. The van der Waals surface area contributed by atoms with E-state index in [1.54, 1.807) is 4.90 Å². The van der Waals surface area contributed by atoms with E-state index in [0.717, 1.165) is 19.4 Å². The van der Waals surface area contributed by atoms with Crippen molar-refractivity contribution in [2.45, 2.75) is 52.5 Å². The molecule has 1 unspecified atom stereocenters. The lowest BCUT2D eigenvalue weighted by Crippen LogP contribution is -2.41. The maximum absolute atomic E-state index is 11.8. The molecule has 110 valence electrons. The fourth-order valence-corrected chi connectivity index (χ4v) is 2.38. The highest BCUT2D eigenvalue weighted by Crippen LogP contribution is 2.20. The topological polar surface area (TPSA) is 69.6 Å². The molecule has 1 heterocycles. The summed E-state index contributed by atoms with van der Waals surface area (Å²) in [5, 5.41) is 12.1. The third-order valence-corrected chi connectivity index (χ3v) is 3.22. The van der Waals surface area contributed by atoms with E-state index in [0.29, 0.717) is 19.4 Å². The van der Waals surface area contributed by atoms with Crippen LogP contribution in [0.1, 0.15) is 46.5 Å². The van der Waals surface area contributed by atoms with Gasteiger partial charge in [0.2, 0.25) is 11.8 Å². The van der Waals surface area contributed by atoms with Gasteiger partial charge in [0.1, 0.15) is 0 Å². The van der Waals surface area contributed by atoms with E-state index in [4.69, 9.17) is 0 Å². The van der Waals surface area contributed by atoms with Gasteiger partial charge in [-0.3, -0.25) is 9.59 Å². The summed E-state index contributed by atoms with van der Waals surface area (Å²) in [7, 11) is 0. The Morgan fingerprint density at radius 1 is 1.47 bits per heavy atom. The second kappa shape index (κ2) is 6.89. The van der Waals surface area contributed by atoms with Crippen LogP contribution in [0.3, 0.4) is 0 Å². The predicted molar refractivity (Wildman–Crippen MR) is 73.5 cm³/mol. The van der Waals surface area contributed by atoms with Crippen molar-refractivity contribution in [1.29, 1.82) is 0 Å². The maximum Gasteiger partial charge on any atom is 0.222 e. The van der Waals surface area contributed by atoms with Crippen LogP contribution in [0.2, 0.25) is 0 Å². The van der Waals surface area contributed by atoms with Crippen molar-refractivity contribution in [2.24, 2.45) is 5.41 Å². The minimum absolute atomic E-state index is 0.0499. The molecule has 5 nitrogen and oxygen atoms in total. The maximum atomic E-state index is 11.8. The van der Waals surface area contributed by atoms with E-state index in [9.17, 15) is 14.7 Å². The number of carbonyl (C=O) groups is 2. The highest BCUT2D eigenvalue weighted by Gasteiger charge is 2.22. The molecule has 1 saturated heterocycles. The number of aliphatic hydroxyl groups is 1. The lowest BCUT2D eigenvalue weighted by molar-refractivity contribution is -0.128. The first kappa shape index (κ1) is 16.0. The van der Waals surface area contributed by atoms with Gasteiger partial charge in [-0.15, -0.1) is 0 Å². The fourth-order valence-electron chi connectivity index (χ4n) is 2.38. The van der Waals surface area contributed by atoms with Gasteiger partial charge in [-0.1, -0.05) is 20.8 Å². The van der Waals surface area contributed by atoms with Crippen LogP contribution in [0.4, 0.5) is 0 Å². The van der Waals surface area contributed by atoms with Gasteiger partial charge in [-0.2, -0.15) is 0 Å². The molecule has 19 heavy (non-hydrogen) atoms. The summed E-state index contributed by atoms with van der Waals surface area (Å²) in [5.41, 5.74) is 0.0611. The zero-order valence-corrected chi connectivity index (χ0v) is 12.2. The Kier molecular flexibility index (Phi) is 5.79. The molecule has 1 aliphatic rings. The van der Waals surface area contributed by atoms with Gasteiger partial charge >= 0.3 is 0 Å². The predicted octanol–water partition coefficient (Wildman–Crippen LogP) is 0.912. The van der Waals surface area contributed by atoms with Crippen molar-refractivity contribution < 1.29 is 14.7 Å². The summed E-state index contributed by atoms with van der Waals surface area (Å²) in [6.45, 7) is 7.42. The molecule has 5 heteroatoms. The molecule has 0 aromatic rings. The Bertz CT molecular complexity index is 323. The summed E-state index contributed by atoms with van der Waals surface area (Å²) >= 11 is 0. The summed E-state index contributed by atoms with van der Waals surface area (Å²) in [5.74, 6) is 0.0456. The van der Waals surface area contributed by atoms with Crippen molar-refractivity contribution in [1.82, 2.24) is 10.2 Å². The van der Waals surface area contributed by atoms with Crippen molar-refractivity contribution in [3.8, 4) is 0 Å². The van der Waals surface area contributed by atoms with Crippen molar-refractivity contribution in [3.63, 3.8) is 0 Å². The summed E-state index contributed by atoms with van der Waals surface area (Å²) in [6.07, 6.45) is 2.54. The minimum Gasteiger partial charge on any atom is -0.394 e. The molecule has 1 fully saturated rings. The highest BCUT2D eigenvalue weighted by molar-refractivity contribution is 5.80. The molecule has 0 bridgehead atoms. The fraction of sp³-hybridized carbons (Fsp3) is 0.857. The second-order valence-corrected chi connectivity index (χ2v) is 6.45. The molecule has 1 atom stereocenters. The Balaban J connectivity index is 2.30. The first-order valence-corrected chi connectivity index (χ1v) is 7.00. The van der Waals surface area contributed by atoms with E-state index in [-0.39, 0.29) is 29.9 Å². The van der Waals surface area contributed by atoms with Gasteiger partial charge < -0.3 is 15.3 Å². The number of nitrogens with zero attached hydrogens (tertiary/aromatic N) is 1. The van der Waals surface area contributed by atoms with E-state index >= 15 is 0 Å². The zero-order valence-electron chi connectivity index (χ0n) is 12.2. The van der Waals surface area contributed by atoms with Crippen LogP contribution < -0.4 is 5.32 Å². The van der Waals surface area contributed by atoms with Gasteiger partial charge in [0.25, 0.3) is 0 Å². The minimum atomic E-state index is -0.207. The Labute approximate surface area is 115 Å². The number of amides is 2. The van der Waals surface area contributed by atoms with Crippen molar-refractivity contribution in [2.75, 3.05) is 19.7 Å². The Morgan fingerprint density at radius 3 is 2.63 bits per heavy atom. The van der Waals surface area contributed by atoms with Gasteiger partial charge in [0.15, 0.2) is 0 Å². The van der Waals surface area contributed by atoms with E-state index < -0.39 is 0 Å². The summed E-state index contributed by atoms with van der Waals surface area (Å²) in [6, 6.07) is -0.207. The molecule has 1 rings (SSSR count). The van der Waals surface area contributed by atoms with Crippen LogP contribution in [0.5, 0.6) is 0 Å². The molecule has 0 saturated carbocycles. The van der Waals surface area contributed by atoms with Gasteiger partial charge in [0, 0.05) is 25.9 Å². The number of hydrogen-bond donors (Lipinski definition) is 2. The van der Waals surface area contributed by atoms with Crippen LogP contribution in [0.25, 0.3) is 0 Å². The molecule has 2 amide bonds. The summed E-state index contributed by atoms with van der Waals surface area (Å²) in [4.78, 5) is 24.9. The standard InChI is InChI=1S/C14H26N2O3/c1-14(2,3)9-11(10-17)15-12(18)6-8-16-7-4-5-13(16)19/h11,17H,4-10H2,1-3H3,(H,15,18). The molecule has 0 spiro atoms. The smallest absolute Gasteiger partial charge is 0.222 e. The number of carbonyl (C=O) groups excluding carboxylic acids is 2. The average Bonchev–Trinajstić information content (AvgIpc) is 2.69. The Morgan fingerprint density at radius 2 is 2.16 bits per heavy atom. The lowest BCUT2D eigenvalue weighted by atomic mass is 9.88. The van der Waals surface area contributed by atoms with Gasteiger partial charge in [-0.25, -0.2) is 0 Å². The number of aliphatic hydroxyl groups excluding tert-OH is 1. The molecule has 0 radical (unpaired) electrons. The van der Waals surface area contributed by atoms with E-state index in [2.05, 4.69) is 26.1 Å². The van der Waals surface area contributed by atoms with Gasteiger partial charge in [0.05, 0.1) is 12.6 Å². The van der Waals surface area contributed by atoms with E-state index in [1.165, 1.54) is 0 Å². The molecular formula is C14H26N2O3. The van der Waals surface area contributed by atoms with Crippen molar-refractivity contribution >= 4 is 11.8 Å². The molecule has 0 aromatic heterocycles. The molecular weight excluding hydrogens is 244 g/mol. The number of rotatable bonds is 6. The quantitative estimate of drug-likeness (QED) is 0.754. The number of nitrogens with one attached hydrogen (secondary N) is 1. The monoisotopic (exact) mass is 270 g/mol. The lowest BCUT2D eigenvalue weighted by Gasteiger charge is -2.25. The second-order valence-electron chi connectivity index (χ2n) is 6.45.